The smallest absolute Gasteiger partial charge is 0.247 e. The van der Waals surface area contributed by atoms with Gasteiger partial charge in [0.25, 0.3) is 0 Å². The summed E-state index contributed by atoms with van der Waals surface area (Å²) in [7, 11) is -2.15. The van der Waals surface area contributed by atoms with Crippen LogP contribution >= 0.6 is 0 Å². The van der Waals surface area contributed by atoms with Crippen molar-refractivity contribution in [1.82, 2.24) is 9.62 Å². The minimum atomic E-state index is -3.64. The van der Waals surface area contributed by atoms with Crippen molar-refractivity contribution in [2.24, 2.45) is 0 Å². The molecule has 1 heterocycles. The zero-order chi connectivity index (χ0) is 20.5. The number of piperazine rings is 1. The van der Waals surface area contributed by atoms with Crippen molar-refractivity contribution in [2.75, 3.05) is 31.4 Å². The van der Waals surface area contributed by atoms with Gasteiger partial charge in [-0.05, 0) is 31.9 Å². The first kappa shape index (κ1) is 20.6. The highest BCUT2D eigenvalue weighted by molar-refractivity contribution is 7.88. The standard InChI is InChI=1S/C19H27N3O5S/c1-19(18(24)20-14-8-4-5-9-14)13-21(28(3,25)26)12-17(23)22(19)15-10-6-7-11-16(15)27-2/h6-7,10-11,14H,4-5,8-9,12-13H2,1-3H3,(H,20,24)/t19-/m0/s1. The Labute approximate surface area is 165 Å². The van der Waals surface area contributed by atoms with Crippen molar-refractivity contribution in [1.29, 1.82) is 0 Å². The molecule has 2 fully saturated rings. The van der Waals surface area contributed by atoms with Gasteiger partial charge >= 0.3 is 0 Å². The maximum absolute atomic E-state index is 13.3. The highest BCUT2D eigenvalue weighted by Gasteiger charge is 2.51. The quantitative estimate of drug-likeness (QED) is 0.786. The molecule has 9 heteroatoms. The van der Waals surface area contributed by atoms with Crippen molar-refractivity contribution in [2.45, 2.75) is 44.2 Å². The average molecular weight is 410 g/mol. The molecular formula is C19H27N3O5S. The molecule has 2 amide bonds. The Morgan fingerprint density at radius 3 is 2.50 bits per heavy atom. The first-order valence-corrected chi connectivity index (χ1v) is 11.2. The first-order chi connectivity index (χ1) is 13.2. The Balaban J connectivity index is 2.04. The third kappa shape index (κ3) is 3.86. The number of nitrogens with one attached hydrogen (secondary N) is 1. The lowest BCUT2D eigenvalue weighted by Crippen LogP contribution is -2.70. The van der Waals surface area contributed by atoms with E-state index >= 15 is 0 Å². The predicted octanol–water partition coefficient (Wildman–Crippen LogP) is 1.12. The van der Waals surface area contributed by atoms with Gasteiger partial charge in [0, 0.05) is 12.6 Å². The molecule has 3 rings (SSSR count). The fraction of sp³-hybridized carbons (Fsp3) is 0.579. The second-order valence-electron chi connectivity index (χ2n) is 7.66. The van der Waals surface area contributed by atoms with Crippen molar-refractivity contribution < 1.29 is 22.7 Å². The molecule has 0 unspecified atom stereocenters. The molecule has 0 radical (unpaired) electrons. The molecule has 0 spiro atoms. The summed E-state index contributed by atoms with van der Waals surface area (Å²) in [5.41, 5.74) is -0.942. The van der Waals surface area contributed by atoms with Crippen molar-refractivity contribution in [3.63, 3.8) is 0 Å². The Hall–Kier alpha value is -2.13. The van der Waals surface area contributed by atoms with E-state index in [1.807, 2.05) is 0 Å². The summed E-state index contributed by atoms with van der Waals surface area (Å²) in [6.45, 7) is 1.18. The molecule has 1 saturated carbocycles. The van der Waals surface area contributed by atoms with Crippen molar-refractivity contribution in [3.05, 3.63) is 24.3 Å². The fourth-order valence-corrected chi connectivity index (χ4v) is 4.83. The number of para-hydroxylation sites is 2. The van der Waals surface area contributed by atoms with Crippen LogP contribution in [0.5, 0.6) is 5.75 Å². The molecule has 28 heavy (non-hydrogen) atoms. The number of sulfonamides is 1. The van der Waals surface area contributed by atoms with Crippen molar-refractivity contribution in [3.8, 4) is 5.75 Å². The first-order valence-electron chi connectivity index (χ1n) is 9.39. The molecule has 1 atom stereocenters. The minimum Gasteiger partial charge on any atom is -0.495 e. The summed E-state index contributed by atoms with van der Waals surface area (Å²) in [6.07, 6.45) is 4.92. The van der Waals surface area contributed by atoms with E-state index in [-0.39, 0.29) is 25.0 Å². The lowest BCUT2D eigenvalue weighted by molar-refractivity contribution is -0.133. The number of rotatable bonds is 5. The van der Waals surface area contributed by atoms with Gasteiger partial charge in [-0.15, -0.1) is 0 Å². The molecule has 8 nitrogen and oxygen atoms in total. The summed E-state index contributed by atoms with van der Waals surface area (Å²) in [5.74, 6) is -0.374. The van der Waals surface area contributed by atoms with Gasteiger partial charge in [-0.3, -0.25) is 14.5 Å². The molecule has 0 aromatic heterocycles. The molecule has 1 aliphatic carbocycles. The highest BCUT2D eigenvalue weighted by Crippen LogP contribution is 2.36. The van der Waals surface area contributed by atoms with Crippen LogP contribution in [0.2, 0.25) is 0 Å². The number of ether oxygens (including phenoxy) is 1. The second kappa shape index (κ2) is 7.71. The van der Waals surface area contributed by atoms with E-state index in [9.17, 15) is 18.0 Å². The number of hydrogen-bond donors (Lipinski definition) is 1. The van der Waals surface area contributed by atoms with Gasteiger partial charge in [-0.2, -0.15) is 4.31 Å². The van der Waals surface area contributed by atoms with Gasteiger partial charge in [0.1, 0.15) is 11.3 Å². The molecule has 1 aliphatic heterocycles. The van der Waals surface area contributed by atoms with E-state index < -0.39 is 21.5 Å². The second-order valence-corrected chi connectivity index (χ2v) is 9.64. The number of hydrogen-bond acceptors (Lipinski definition) is 5. The number of benzene rings is 1. The van der Waals surface area contributed by atoms with Gasteiger partial charge in [0.2, 0.25) is 21.8 Å². The summed E-state index contributed by atoms with van der Waals surface area (Å²) in [4.78, 5) is 27.8. The summed E-state index contributed by atoms with van der Waals surface area (Å²) in [5, 5.41) is 3.02. The maximum atomic E-state index is 13.3. The lowest BCUT2D eigenvalue weighted by Gasteiger charge is -2.47. The van der Waals surface area contributed by atoms with Crippen LogP contribution in [0.3, 0.4) is 0 Å². The molecule has 2 aliphatic rings. The molecule has 1 saturated heterocycles. The monoisotopic (exact) mass is 409 g/mol. The summed E-state index contributed by atoms with van der Waals surface area (Å²) >= 11 is 0. The van der Waals surface area contributed by atoms with Crippen LogP contribution in [0.1, 0.15) is 32.6 Å². The van der Waals surface area contributed by atoms with Crippen molar-refractivity contribution >= 4 is 27.5 Å². The molecular weight excluding hydrogens is 382 g/mol. The number of amides is 2. The van der Waals surface area contributed by atoms with E-state index in [0.29, 0.717) is 11.4 Å². The lowest BCUT2D eigenvalue weighted by atomic mass is 9.93. The highest BCUT2D eigenvalue weighted by atomic mass is 32.2. The van der Waals surface area contributed by atoms with Crippen LogP contribution in [-0.4, -0.2) is 62.6 Å². The van der Waals surface area contributed by atoms with Gasteiger partial charge in [0.05, 0.1) is 25.6 Å². The topological polar surface area (TPSA) is 96.0 Å². The third-order valence-electron chi connectivity index (χ3n) is 5.51. The minimum absolute atomic E-state index is 0.0487. The fourth-order valence-electron chi connectivity index (χ4n) is 4.00. The molecule has 1 aromatic rings. The number of anilines is 1. The van der Waals surface area contributed by atoms with Crippen LogP contribution in [-0.2, 0) is 19.6 Å². The van der Waals surface area contributed by atoms with E-state index in [4.69, 9.17) is 4.74 Å². The Morgan fingerprint density at radius 2 is 1.89 bits per heavy atom. The predicted molar refractivity (Wildman–Crippen MR) is 106 cm³/mol. The average Bonchev–Trinajstić information content (AvgIpc) is 3.13. The number of nitrogens with zero attached hydrogens (tertiary/aromatic N) is 2. The third-order valence-corrected chi connectivity index (χ3v) is 6.71. The SMILES string of the molecule is COc1ccccc1N1C(=O)CN(S(C)(=O)=O)C[C@@]1(C)C(=O)NC1CCCC1. The largest absolute Gasteiger partial charge is 0.495 e. The Morgan fingerprint density at radius 1 is 1.25 bits per heavy atom. The zero-order valence-electron chi connectivity index (χ0n) is 16.5. The van der Waals surface area contributed by atoms with Gasteiger partial charge in [-0.25, -0.2) is 8.42 Å². The number of carbonyl (C=O) groups is 2. The zero-order valence-corrected chi connectivity index (χ0v) is 17.3. The summed E-state index contributed by atoms with van der Waals surface area (Å²) in [6, 6.07) is 6.99. The summed E-state index contributed by atoms with van der Waals surface area (Å²) < 4.78 is 30.8. The van der Waals surface area contributed by atoms with Crippen LogP contribution in [0.25, 0.3) is 0 Å². The maximum Gasteiger partial charge on any atom is 0.247 e. The van der Waals surface area contributed by atoms with Gasteiger partial charge in [-0.1, -0.05) is 25.0 Å². The Bertz CT molecular complexity index is 866. The van der Waals surface area contributed by atoms with E-state index in [0.717, 1.165) is 36.2 Å². The molecule has 1 N–H and O–H groups in total. The number of carbonyl (C=O) groups excluding carboxylic acids is 2. The Kier molecular flexibility index (Phi) is 5.67. The normalized spacial score (nSPS) is 24.4. The van der Waals surface area contributed by atoms with Gasteiger partial charge < -0.3 is 10.1 Å². The molecule has 154 valence electrons. The molecule has 0 bridgehead atoms. The van der Waals surface area contributed by atoms with Crippen LogP contribution in [0.15, 0.2) is 24.3 Å². The van der Waals surface area contributed by atoms with Crippen LogP contribution < -0.4 is 15.0 Å². The number of methoxy groups -OCH3 is 1. The van der Waals surface area contributed by atoms with E-state index in [1.165, 1.54) is 12.0 Å². The van der Waals surface area contributed by atoms with Crippen LogP contribution in [0, 0.1) is 0 Å². The van der Waals surface area contributed by atoms with Gasteiger partial charge in [0.15, 0.2) is 0 Å². The van der Waals surface area contributed by atoms with E-state index in [1.54, 1.807) is 31.2 Å². The van der Waals surface area contributed by atoms with E-state index in [2.05, 4.69) is 5.32 Å². The van der Waals surface area contributed by atoms with Crippen LogP contribution in [0.4, 0.5) is 5.69 Å². The molecule has 1 aromatic carbocycles.